The predicted octanol–water partition coefficient (Wildman–Crippen LogP) is 4.77. The lowest BCUT2D eigenvalue weighted by Gasteiger charge is -2.47. The number of ether oxygens (including phenoxy) is 5. The Labute approximate surface area is 209 Å². The van der Waals surface area contributed by atoms with Gasteiger partial charge in [-0.2, -0.15) is 0 Å². The number of rotatable bonds is 9. The van der Waals surface area contributed by atoms with Crippen molar-refractivity contribution in [2.45, 2.75) is 57.6 Å². The molecule has 2 aromatic carbocycles. The molecule has 3 rings (SSSR count). The summed E-state index contributed by atoms with van der Waals surface area (Å²) in [6, 6.07) is 10.1. The highest BCUT2D eigenvalue weighted by molar-refractivity contribution is 5.70. The zero-order valence-corrected chi connectivity index (χ0v) is 22.3. The van der Waals surface area contributed by atoms with Gasteiger partial charge < -0.3 is 23.7 Å². The number of esters is 1. The van der Waals surface area contributed by atoms with Gasteiger partial charge in [0.2, 0.25) is 0 Å². The molecule has 1 heterocycles. The van der Waals surface area contributed by atoms with Crippen LogP contribution in [0.1, 0.15) is 50.3 Å². The first-order valence-electron chi connectivity index (χ1n) is 12.0. The number of nitrogens with zero attached hydrogens (tertiary/aromatic N) is 1. The molecule has 35 heavy (non-hydrogen) atoms. The molecule has 7 heteroatoms. The van der Waals surface area contributed by atoms with E-state index < -0.39 is 11.1 Å². The van der Waals surface area contributed by atoms with Gasteiger partial charge in [0, 0.05) is 13.0 Å². The van der Waals surface area contributed by atoms with Crippen LogP contribution in [0.3, 0.4) is 0 Å². The molecular weight excluding hydrogens is 446 g/mol. The van der Waals surface area contributed by atoms with Crippen molar-refractivity contribution in [3.63, 3.8) is 0 Å². The maximum atomic E-state index is 12.8. The first kappa shape index (κ1) is 26.7. The summed E-state index contributed by atoms with van der Waals surface area (Å²) in [6.07, 6.45) is 2.44. The molecular formula is C28H39NO6. The molecule has 0 saturated carbocycles. The molecule has 2 aromatic rings. The van der Waals surface area contributed by atoms with Crippen molar-refractivity contribution in [3.05, 3.63) is 47.0 Å². The molecule has 0 radical (unpaired) electrons. The normalized spacial score (nSPS) is 17.9. The largest absolute Gasteiger partial charge is 0.493 e. The maximum Gasteiger partial charge on any atom is 0.306 e. The van der Waals surface area contributed by atoms with Crippen LogP contribution in [0, 0.1) is 0 Å². The van der Waals surface area contributed by atoms with E-state index in [4.69, 9.17) is 23.7 Å². The van der Waals surface area contributed by atoms with Crippen LogP contribution in [0.5, 0.6) is 23.0 Å². The third kappa shape index (κ3) is 5.84. The van der Waals surface area contributed by atoms with Crippen LogP contribution in [-0.4, -0.2) is 58.5 Å². The van der Waals surface area contributed by atoms with Crippen LogP contribution < -0.4 is 18.9 Å². The topological polar surface area (TPSA) is 66.5 Å². The molecule has 0 N–H and O–H groups in total. The summed E-state index contributed by atoms with van der Waals surface area (Å²) in [7, 11) is 8.69. The van der Waals surface area contributed by atoms with Crippen molar-refractivity contribution in [3.8, 4) is 23.0 Å². The van der Waals surface area contributed by atoms with Crippen molar-refractivity contribution in [1.29, 1.82) is 0 Å². The Hall–Kier alpha value is -2.93. The quantitative estimate of drug-likeness (QED) is 0.474. The number of carbonyl (C=O) groups is 1. The van der Waals surface area contributed by atoms with Crippen LogP contribution in [-0.2, 0) is 27.9 Å². The molecule has 1 unspecified atom stereocenters. The third-order valence-corrected chi connectivity index (χ3v) is 6.67. The summed E-state index contributed by atoms with van der Waals surface area (Å²) < 4.78 is 27.9. The van der Waals surface area contributed by atoms with Crippen LogP contribution in [0.2, 0.25) is 0 Å². The Kier molecular flexibility index (Phi) is 8.21. The van der Waals surface area contributed by atoms with Gasteiger partial charge in [0.25, 0.3) is 0 Å². The van der Waals surface area contributed by atoms with Crippen molar-refractivity contribution >= 4 is 5.97 Å². The molecule has 1 aliphatic heterocycles. The van der Waals surface area contributed by atoms with Gasteiger partial charge in [-0.3, -0.25) is 9.69 Å². The molecule has 1 aliphatic rings. The lowest BCUT2D eigenvalue weighted by atomic mass is 9.73. The fourth-order valence-corrected chi connectivity index (χ4v) is 4.94. The second-order valence-electron chi connectivity index (χ2n) is 10.0. The van der Waals surface area contributed by atoms with Gasteiger partial charge in [-0.05, 0) is 88.0 Å². The SMILES string of the molecule is COc1ccc(CC2(CCC(=O)OC(C)(C)C)c3cc(OC)c(OC)cc3CCN2C)cc1OC. The van der Waals surface area contributed by atoms with Gasteiger partial charge in [-0.1, -0.05) is 6.07 Å². The van der Waals surface area contributed by atoms with E-state index in [2.05, 4.69) is 30.1 Å². The van der Waals surface area contributed by atoms with Gasteiger partial charge >= 0.3 is 5.97 Å². The van der Waals surface area contributed by atoms with E-state index in [-0.39, 0.29) is 5.97 Å². The monoisotopic (exact) mass is 485 g/mol. The van der Waals surface area contributed by atoms with Crippen LogP contribution in [0.4, 0.5) is 0 Å². The minimum Gasteiger partial charge on any atom is -0.493 e. The standard InChI is InChI=1S/C28H39NO6/c1-27(2,3)35-26(30)11-13-28(18-19-9-10-22(31-5)23(15-19)32-6)21-17-25(34-8)24(33-7)16-20(21)12-14-29(28)4/h9-10,15-17H,11-14,18H2,1-8H3. The number of likely N-dealkylation sites (N-methyl/N-ethyl adjacent to an activating group) is 1. The first-order valence-corrected chi connectivity index (χ1v) is 12.0. The van der Waals surface area contributed by atoms with Gasteiger partial charge in [0.1, 0.15) is 5.60 Å². The van der Waals surface area contributed by atoms with E-state index in [1.807, 2.05) is 32.9 Å². The molecule has 0 bridgehead atoms. The molecule has 0 amide bonds. The second kappa shape index (κ2) is 10.8. The average Bonchev–Trinajstić information content (AvgIpc) is 2.82. The Morgan fingerprint density at radius 1 is 0.914 bits per heavy atom. The number of hydrogen-bond donors (Lipinski definition) is 0. The van der Waals surface area contributed by atoms with Crippen LogP contribution in [0.25, 0.3) is 0 Å². The molecule has 192 valence electrons. The minimum absolute atomic E-state index is 0.204. The Morgan fingerprint density at radius 2 is 1.51 bits per heavy atom. The lowest BCUT2D eigenvalue weighted by Crippen LogP contribution is -2.50. The number of hydrogen-bond acceptors (Lipinski definition) is 7. The van der Waals surface area contributed by atoms with Crippen molar-refractivity contribution in [2.75, 3.05) is 42.0 Å². The summed E-state index contributed by atoms with van der Waals surface area (Å²) in [6.45, 7) is 6.53. The Morgan fingerprint density at radius 3 is 2.11 bits per heavy atom. The van der Waals surface area contributed by atoms with E-state index in [1.54, 1.807) is 28.4 Å². The fourth-order valence-electron chi connectivity index (χ4n) is 4.94. The molecule has 1 atom stereocenters. The minimum atomic E-state index is -0.527. The van der Waals surface area contributed by atoms with Crippen LogP contribution in [0.15, 0.2) is 30.3 Å². The van der Waals surface area contributed by atoms with E-state index in [0.717, 1.165) is 24.1 Å². The van der Waals surface area contributed by atoms with E-state index in [0.29, 0.717) is 42.3 Å². The predicted molar refractivity (Wildman–Crippen MR) is 136 cm³/mol. The highest BCUT2D eigenvalue weighted by Crippen LogP contribution is 2.46. The zero-order valence-electron chi connectivity index (χ0n) is 22.3. The zero-order chi connectivity index (χ0) is 25.8. The van der Waals surface area contributed by atoms with Crippen molar-refractivity contribution < 1.29 is 28.5 Å². The van der Waals surface area contributed by atoms with E-state index >= 15 is 0 Å². The molecule has 0 spiro atoms. The molecule has 0 fully saturated rings. The Bertz CT molecular complexity index is 1040. The van der Waals surface area contributed by atoms with Gasteiger partial charge in [0.15, 0.2) is 23.0 Å². The number of methoxy groups -OCH3 is 4. The number of carbonyl (C=O) groups excluding carboxylic acids is 1. The van der Waals surface area contributed by atoms with Gasteiger partial charge in [-0.25, -0.2) is 0 Å². The summed E-state index contributed by atoms with van der Waals surface area (Å²) in [4.78, 5) is 15.1. The molecule has 0 saturated heterocycles. The highest BCUT2D eigenvalue weighted by Gasteiger charge is 2.42. The number of benzene rings is 2. The average molecular weight is 486 g/mol. The van der Waals surface area contributed by atoms with Crippen molar-refractivity contribution in [1.82, 2.24) is 4.90 Å². The summed E-state index contributed by atoms with van der Waals surface area (Å²) in [5.41, 5.74) is 2.44. The highest BCUT2D eigenvalue weighted by atomic mass is 16.6. The maximum absolute atomic E-state index is 12.8. The molecule has 0 aliphatic carbocycles. The molecule has 7 nitrogen and oxygen atoms in total. The van der Waals surface area contributed by atoms with Gasteiger partial charge in [0.05, 0.1) is 34.0 Å². The third-order valence-electron chi connectivity index (χ3n) is 6.67. The fraction of sp³-hybridized carbons (Fsp3) is 0.536. The summed E-state index contributed by atoms with van der Waals surface area (Å²) >= 11 is 0. The molecule has 0 aromatic heterocycles. The Balaban J connectivity index is 2.10. The van der Waals surface area contributed by atoms with E-state index in [1.165, 1.54) is 5.56 Å². The second-order valence-corrected chi connectivity index (χ2v) is 10.0. The van der Waals surface area contributed by atoms with E-state index in [9.17, 15) is 4.79 Å². The van der Waals surface area contributed by atoms with Gasteiger partial charge in [-0.15, -0.1) is 0 Å². The van der Waals surface area contributed by atoms with Crippen LogP contribution >= 0.6 is 0 Å². The first-order chi connectivity index (χ1) is 16.6. The summed E-state index contributed by atoms with van der Waals surface area (Å²) in [5, 5.41) is 0. The summed E-state index contributed by atoms with van der Waals surface area (Å²) in [5.74, 6) is 2.55. The van der Waals surface area contributed by atoms with Crippen molar-refractivity contribution in [2.24, 2.45) is 0 Å². The number of fused-ring (bicyclic) bond motifs is 1. The smallest absolute Gasteiger partial charge is 0.306 e. The lowest BCUT2D eigenvalue weighted by molar-refractivity contribution is -0.155.